The summed E-state index contributed by atoms with van der Waals surface area (Å²) < 4.78 is 4.76. The third-order valence-electron chi connectivity index (χ3n) is 2.72. The van der Waals surface area contributed by atoms with Crippen molar-refractivity contribution >= 4 is 5.97 Å². The molecule has 0 saturated carbocycles. The molecule has 104 valence electrons. The lowest BCUT2D eigenvalue weighted by molar-refractivity contribution is -0.145. The number of ether oxygens (including phenoxy) is 1. The van der Waals surface area contributed by atoms with Crippen LogP contribution >= 0.6 is 0 Å². The minimum absolute atomic E-state index is 0.0693. The summed E-state index contributed by atoms with van der Waals surface area (Å²) in [5.41, 5.74) is 0. The van der Waals surface area contributed by atoms with Crippen LogP contribution in [0, 0.1) is 5.92 Å². The van der Waals surface area contributed by atoms with Crippen molar-refractivity contribution in [2.75, 3.05) is 13.7 Å². The van der Waals surface area contributed by atoms with Crippen molar-refractivity contribution in [3.05, 3.63) is 0 Å². The van der Waals surface area contributed by atoms with E-state index >= 15 is 0 Å². The number of rotatable bonds is 8. The summed E-state index contributed by atoms with van der Waals surface area (Å²) in [6.07, 6.45) is 3.97. The van der Waals surface area contributed by atoms with Crippen LogP contribution in [0.5, 0.6) is 0 Å². The number of hydrogen-bond acceptors (Lipinski definition) is 3. The molecule has 2 unspecified atom stereocenters. The molecule has 17 heavy (non-hydrogen) atoms. The van der Waals surface area contributed by atoms with Gasteiger partial charge >= 0.3 is 5.97 Å². The highest BCUT2D eigenvalue weighted by Gasteiger charge is 2.17. The van der Waals surface area contributed by atoms with Crippen molar-refractivity contribution in [2.24, 2.45) is 5.92 Å². The minimum Gasteiger partial charge on any atom is -0.469 e. The van der Waals surface area contributed by atoms with Gasteiger partial charge < -0.3 is 10.1 Å². The van der Waals surface area contributed by atoms with Crippen LogP contribution in [0.4, 0.5) is 0 Å². The molecular weight excluding hydrogens is 214 g/mol. The first-order valence-electron chi connectivity index (χ1n) is 6.96. The Labute approximate surface area is 107 Å². The van der Waals surface area contributed by atoms with Gasteiger partial charge in [0.15, 0.2) is 0 Å². The maximum absolute atomic E-state index is 11.3. The van der Waals surface area contributed by atoms with E-state index < -0.39 is 0 Å². The number of methoxy groups -OCH3 is 1. The Kier molecular flexibility index (Phi) is 14.9. The Balaban J connectivity index is 0. The standard InChI is InChI=1S/C12H25NO2.C2H6/c1-5-9-13-10(3)7-8-11(6-2)12(14)15-4;1-2/h10-11,13H,5-9H2,1-4H3;1-2H3. The first kappa shape index (κ1) is 18.8. The molecule has 0 heterocycles. The van der Waals surface area contributed by atoms with Gasteiger partial charge in [0, 0.05) is 6.04 Å². The van der Waals surface area contributed by atoms with Crippen LogP contribution in [-0.4, -0.2) is 25.7 Å². The van der Waals surface area contributed by atoms with Crippen molar-refractivity contribution in [2.45, 2.75) is 66.3 Å². The SMILES string of the molecule is CC.CCCNC(C)CCC(CC)C(=O)OC. The maximum atomic E-state index is 11.3. The molecule has 0 rings (SSSR count). The van der Waals surface area contributed by atoms with Gasteiger partial charge in [-0.05, 0) is 39.2 Å². The number of nitrogens with one attached hydrogen (secondary N) is 1. The smallest absolute Gasteiger partial charge is 0.308 e. The summed E-state index contributed by atoms with van der Waals surface area (Å²) in [4.78, 5) is 11.3. The first-order chi connectivity index (χ1) is 8.15. The molecule has 0 aliphatic heterocycles. The second kappa shape index (κ2) is 13.5. The van der Waals surface area contributed by atoms with Crippen LogP contribution in [0.2, 0.25) is 0 Å². The quantitative estimate of drug-likeness (QED) is 0.666. The van der Waals surface area contributed by atoms with E-state index in [1.807, 2.05) is 20.8 Å². The number of carbonyl (C=O) groups is 1. The lowest BCUT2D eigenvalue weighted by Crippen LogP contribution is -2.28. The molecule has 3 heteroatoms. The van der Waals surface area contributed by atoms with Crippen LogP contribution < -0.4 is 5.32 Å². The second-order valence-corrected chi connectivity index (χ2v) is 4.06. The second-order valence-electron chi connectivity index (χ2n) is 4.06. The molecule has 0 spiro atoms. The summed E-state index contributed by atoms with van der Waals surface area (Å²) in [7, 11) is 1.46. The van der Waals surface area contributed by atoms with Gasteiger partial charge in [-0.1, -0.05) is 27.7 Å². The summed E-state index contributed by atoms with van der Waals surface area (Å²) in [6, 6.07) is 0.489. The maximum Gasteiger partial charge on any atom is 0.308 e. The van der Waals surface area contributed by atoms with Crippen molar-refractivity contribution in [3.8, 4) is 0 Å². The molecule has 0 aromatic rings. The van der Waals surface area contributed by atoms with Crippen LogP contribution in [0.15, 0.2) is 0 Å². The molecule has 0 fully saturated rings. The van der Waals surface area contributed by atoms with E-state index in [2.05, 4.69) is 19.2 Å². The van der Waals surface area contributed by atoms with Crippen LogP contribution in [0.25, 0.3) is 0 Å². The summed E-state index contributed by atoms with van der Waals surface area (Å²) in [6.45, 7) is 11.4. The van der Waals surface area contributed by atoms with Crippen molar-refractivity contribution in [3.63, 3.8) is 0 Å². The Morgan fingerprint density at radius 3 is 2.24 bits per heavy atom. The summed E-state index contributed by atoms with van der Waals surface area (Å²) >= 11 is 0. The number of hydrogen-bond donors (Lipinski definition) is 1. The normalized spacial score (nSPS) is 13.3. The van der Waals surface area contributed by atoms with Gasteiger partial charge in [-0.15, -0.1) is 0 Å². The van der Waals surface area contributed by atoms with Crippen molar-refractivity contribution < 1.29 is 9.53 Å². The van der Waals surface area contributed by atoms with Gasteiger partial charge in [-0.2, -0.15) is 0 Å². The predicted molar refractivity (Wildman–Crippen MR) is 74.1 cm³/mol. The van der Waals surface area contributed by atoms with Gasteiger partial charge in [0.05, 0.1) is 13.0 Å². The fourth-order valence-electron chi connectivity index (χ4n) is 1.60. The van der Waals surface area contributed by atoms with E-state index in [9.17, 15) is 4.79 Å². The fraction of sp³-hybridized carbons (Fsp3) is 0.929. The topological polar surface area (TPSA) is 38.3 Å². The minimum atomic E-state index is -0.0693. The van der Waals surface area contributed by atoms with E-state index in [4.69, 9.17) is 4.74 Å². The van der Waals surface area contributed by atoms with Crippen molar-refractivity contribution in [1.82, 2.24) is 5.32 Å². The monoisotopic (exact) mass is 245 g/mol. The van der Waals surface area contributed by atoms with Crippen LogP contribution in [0.1, 0.15) is 60.3 Å². The highest BCUT2D eigenvalue weighted by Crippen LogP contribution is 2.14. The molecule has 0 aromatic carbocycles. The third-order valence-corrected chi connectivity index (χ3v) is 2.72. The fourth-order valence-corrected chi connectivity index (χ4v) is 1.60. The summed E-state index contributed by atoms with van der Waals surface area (Å²) in [5, 5.41) is 3.42. The molecule has 0 amide bonds. The summed E-state index contributed by atoms with van der Waals surface area (Å²) in [5.74, 6) is 0.000989. The average Bonchev–Trinajstić information content (AvgIpc) is 2.38. The van der Waals surface area contributed by atoms with Gasteiger partial charge in [-0.3, -0.25) is 4.79 Å². The highest BCUT2D eigenvalue weighted by molar-refractivity contribution is 5.72. The Morgan fingerprint density at radius 1 is 1.24 bits per heavy atom. The molecule has 2 atom stereocenters. The van der Waals surface area contributed by atoms with E-state index in [1.165, 1.54) is 7.11 Å². The molecule has 0 radical (unpaired) electrons. The first-order valence-corrected chi connectivity index (χ1v) is 6.96. The zero-order valence-corrected chi connectivity index (χ0v) is 12.5. The van der Waals surface area contributed by atoms with E-state index in [1.54, 1.807) is 0 Å². The van der Waals surface area contributed by atoms with Crippen molar-refractivity contribution in [1.29, 1.82) is 0 Å². The molecule has 0 aliphatic rings. The van der Waals surface area contributed by atoms with Crippen LogP contribution in [0.3, 0.4) is 0 Å². The van der Waals surface area contributed by atoms with Gasteiger partial charge in [0.2, 0.25) is 0 Å². The Hall–Kier alpha value is -0.570. The molecule has 0 aromatic heterocycles. The Morgan fingerprint density at radius 2 is 1.82 bits per heavy atom. The Bertz CT molecular complexity index is 172. The molecule has 1 N–H and O–H groups in total. The highest BCUT2D eigenvalue weighted by atomic mass is 16.5. The lowest BCUT2D eigenvalue weighted by Gasteiger charge is -2.16. The van der Waals surface area contributed by atoms with Gasteiger partial charge in [-0.25, -0.2) is 0 Å². The lowest BCUT2D eigenvalue weighted by atomic mass is 9.98. The largest absolute Gasteiger partial charge is 0.469 e. The average molecular weight is 245 g/mol. The van der Waals surface area contributed by atoms with E-state index in [0.717, 1.165) is 32.2 Å². The molecule has 0 bridgehead atoms. The van der Waals surface area contributed by atoms with Gasteiger partial charge in [0.1, 0.15) is 0 Å². The zero-order valence-electron chi connectivity index (χ0n) is 12.5. The molecule has 3 nitrogen and oxygen atoms in total. The van der Waals surface area contributed by atoms with E-state index in [-0.39, 0.29) is 11.9 Å². The van der Waals surface area contributed by atoms with Crippen LogP contribution in [-0.2, 0) is 9.53 Å². The number of carbonyl (C=O) groups excluding carboxylic acids is 1. The van der Waals surface area contributed by atoms with E-state index in [0.29, 0.717) is 6.04 Å². The predicted octanol–water partition coefficient (Wildman–Crippen LogP) is 3.38. The third kappa shape index (κ3) is 10.3. The van der Waals surface area contributed by atoms with Gasteiger partial charge in [0.25, 0.3) is 0 Å². The molecule has 0 aliphatic carbocycles. The zero-order chi connectivity index (χ0) is 13.7. The number of esters is 1. The molecular formula is C14H31NO2. The molecule has 0 saturated heterocycles.